The first-order valence-corrected chi connectivity index (χ1v) is 5.58. The van der Waals surface area contributed by atoms with Gasteiger partial charge in [0.1, 0.15) is 12.9 Å². The topological polar surface area (TPSA) is 60.2 Å². The van der Waals surface area contributed by atoms with Crippen molar-refractivity contribution in [2.75, 3.05) is 0 Å². The van der Waals surface area contributed by atoms with Gasteiger partial charge in [-0.25, -0.2) is 9.67 Å². The molecule has 0 amide bonds. The third kappa shape index (κ3) is 2.75. The number of aryl methyl sites for hydroxylation is 1. The Bertz CT molecular complexity index is 482. The van der Waals surface area contributed by atoms with Crippen LogP contribution in [0.15, 0.2) is 30.6 Å². The van der Waals surface area contributed by atoms with Crippen LogP contribution >= 0.6 is 0 Å². The maximum atomic E-state index is 9.54. The van der Waals surface area contributed by atoms with E-state index >= 15 is 0 Å². The largest absolute Gasteiger partial charge is 0.504 e. The summed E-state index contributed by atoms with van der Waals surface area (Å²) < 4.78 is 7.30. The molecule has 1 aromatic heterocycles. The lowest BCUT2D eigenvalue weighted by Gasteiger charge is -2.08. The maximum Gasteiger partial charge on any atom is 0.164 e. The fraction of sp³-hybridized carbons (Fsp3) is 0.333. The van der Waals surface area contributed by atoms with Crippen LogP contribution in [0.25, 0.3) is 0 Å². The number of ether oxygens (including phenoxy) is 1. The van der Waals surface area contributed by atoms with Gasteiger partial charge in [-0.15, -0.1) is 0 Å². The van der Waals surface area contributed by atoms with Crippen LogP contribution in [0.4, 0.5) is 0 Å². The van der Waals surface area contributed by atoms with E-state index in [0.717, 1.165) is 18.8 Å². The first-order chi connectivity index (χ1) is 8.31. The smallest absolute Gasteiger partial charge is 0.164 e. The van der Waals surface area contributed by atoms with Gasteiger partial charge in [0.25, 0.3) is 0 Å². The third-order valence-electron chi connectivity index (χ3n) is 2.35. The summed E-state index contributed by atoms with van der Waals surface area (Å²) >= 11 is 0. The lowest BCUT2D eigenvalue weighted by Crippen LogP contribution is -2.08. The van der Waals surface area contributed by atoms with Crippen LogP contribution in [0.1, 0.15) is 19.2 Å². The Morgan fingerprint density at radius 2 is 2.18 bits per heavy atom. The lowest BCUT2D eigenvalue weighted by atomic mass is 10.3. The summed E-state index contributed by atoms with van der Waals surface area (Å²) in [5.74, 6) is 1.35. The number of benzene rings is 1. The number of aromatic hydroxyl groups is 1. The van der Waals surface area contributed by atoms with Gasteiger partial charge >= 0.3 is 0 Å². The summed E-state index contributed by atoms with van der Waals surface area (Å²) in [7, 11) is 0. The second kappa shape index (κ2) is 5.34. The second-order valence-electron chi connectivity index (χ2n) is 3.66. The Kier molecular flexibility index (Phi) is 3.59. The van der Waals surface area contributed by atoms with Gasteiger partial charge in [0.05, 0.1) is 0 Å². The number of phenolic OH excluding ortho intramolecular Hbond substituents is 1. The minimum atomic E-state index is 0.133. The molecule has 2 aromatic rings. The first kappa shape index (κ1) is 11.4. The predicted molar refractivity (Wildman–Crippen MR) is 62.8 cm³/mol. The molecule has 1 heterocycles. The molecule has 1 N–H and O–H groups in total. The molecular weight excluding hydrogens is 218 g/mol. The molecule has 0 aliphatic rings. The Labute approximate surface area is 99.7 Å². The van der Waals surface area contributed by atoms with Crippen molar-refractivity contribution in [1.82, 2.24) is 14.8 Å². The molecular formula is C12H15N3O2. The fourth-order valence-corrected chi connectivity index (χ4v) is 1.52. The monoisotopic (exact) mass is 233 g/mol. The minimum absolute atomic E-state index is 0.133. The van der Waals surface area contributed by atoms with Crippen LogP contribution in [0, 0.1) is 0 Å². The van der Waals surface area contributed by atoms with Crippen LogP contribution in [0.3, 0.4) is 0 Å². The van der Waals surface area contributed by atoms with Crippen molar-refractivity contribution < 1.29 is 9.84 Å². The zero-order valence-corrected chi connectivity index (χ0v) is 9.71. The van der Waals surface area contributed by atoms with Crippen molar-refractivity contribution in [3.8, 4) is 11.5 Å². The molecule has 0 unspecified atom stereocenters. The van der Waals surface area contributed by atoms with E-state index < -0.39 is 0 Å². The summed E-state index contributed by atoms with van der Waals surface area (Å²) in [6, 6.07) is 6.87. The molecule has 1 aromatic carbocycles. The summed E-state index contributed by atoms with van der Waals surface area (Å²) in [5.41, 5.74) is 0. The highest BCUT2D eigenvalue weighted by Gasteiger charge is 2.06. The molecule has 0 aliphatic carbocycles. The first-order valence-electron chi connectivity index (χ1n) is 5.58. The van der Waals surface area contributed by atoms with E-state index in [-0.39, 0.29) is 5.75 Å². The average molecular weight is 233 g/mol. The molecule has 0 saturated carbocycles. The number of rotatable bonds is 5. The normalized spacial score (nSPS) is 10.4. The van der Waals surface area contributed by atoms with Crippen molar-refractivity contribution in [2.24, 2.45) is 0 Å². The van der Waals surface area contributed by atoms with Crippen LogP contribution in [-0.2, 0) is 13.2 Å². The van der Waals surface area contributed by atoms with Gasteiger partial charge in [0.15, 0.2) is 17.3 Å². The third-order valence-corrected chi connectivity index (χ3v) is 2.35. The minimum Gasteiger partial charge on any atom is -0.504 e. The lowest BCUT2D eigenvalue weighted by molar-refractivity contribution is 0.272. The molecule has 0 aliphatic heterocycles. The summed E-state index contributed by atoms with van der Waals surface area (Å²) in [5, 5.41) is 13.6. The highest BCUT2D eigenvalue weighted by Crippen LogP contribution is 2.24. The SMILES string of the molecule is CCCn1ncnc1COc1ccccc1O. The van der Waals surface area contributed by atoms with Crippen LogP contribution in [0.5, 0.6) is 11.5 Å². The zero-order valence-electron chi connectivity index (χ0n) is 9.71. The van der Waals surface area contributed by atoms with Crippen LogP contribution < -0.4 is 4.74 Å². The highest BCUT2D eigenvalue weighted by molar-refractivity contribution is 5.37. The number of aromatic nitrogens is 3. The Hall–Kier alpha value is -2.04. The maximum absolute atomic E-state index is 9.54. The molecule has 0 spiro atoms. The van der Waals surface area contributed by atoms with Gasteiger partial charge in [-0.3, -0.25) is 0 Å². The standard InChI is InChI=1S/C12H15N3O2/c1-2-7-15-12(13-9-14-15)8-17-11-6-4-3-5-10(11)16/h3-6,9,16H,2,7-8H2,1H3. The molecule has 90 valence electrons. The average Bonchev–Trinajstić information content (AvgIpc) is 2.76. The van der Waals surface area contributed by atoms with Crippen LogP contribution in [-0.4, -0.2) is 19.9 Å². The molecule has 0 bridgehead atoms. The van der Waals surface area contributed by atoms with Gasteiger partial charge in [0.2, 0.25) is 0 Å². The summed E-state index contributed by atoms with van der Waals surface area (Å²) in [6.07, 6.45) is 2.51. The molecule has 17 heavy (non-hydrogen) atoms. The molecule has 5 nitrogen and oxygen atoms in total. The van der Waals surface area contributed by atoms with E-state index in [1.165, 1.54) is 6.33 Å². The van der Waals surface area contributed by atoms with E-state index in [1.54, 1.807) is 22.9 Å². The van der Waals surface area contributed by atoms with Crippen molar-refractivity contribution in [2.45, 2.75) is 26.5 Å². The summed E-state index contributed by atoms with van der Waals surface area (Å²) in [4.78, 5) is 4.12. The number of phenols is 1. The van der Waals surface area contributed by atoms with Crippen LogP contribution in [0.2, 0.25) is 0 Å². The second-order valence-corrected chi connectivity index (χ2v) is 3.66. The van der Waals surface area contributed by atoms with Gasteiger partial charge in [-0.1, -0.05) is 19.1 Å². The molecule has 5 heteroatoms. The zero-order chi connectivity index (χ0) is 12.1. The number of nitrogens with zero attached hydrogens (tertiary/aromatic N) is 3. The van der Waals surface area contributed by atoms with E-state index in [1.807, 2.05) is 6.07 Å². The molecule has 0 fully saturated rings. The molecule has 0 atom stereocenters. The van der Waals surface area contributed by atoms with Crippen molar-refractivity contribution in [3.63, 3.8) is 0 Å². The number of para-hydroxylation sites is 2. The van der Waals surface area contributed by atoms with Crippen molar-refractivity contribution in [3.05, 3.63) is 36.4 Å². The van der Waals surface area contributed by atoms with E-state index in [2.05, 4.69) is 17.0 Å². The van der Waals surface area contributed by atoms with E-state index in [0.29, 0.717) is 12.4 Å². The van der Waals surface area contributed by atoms with Gasteiger partial charge < -0.3 is 9.84 Å². The van der Waals surface area contributed by atoms with Gasteiger partial charge in [-0.05, 0) is 18.6 Å². The Morgan fingerprint density at radius 3 is 2.94 bits per heavy atom. The number of hydrogen-bond donors (Lipinski definition) is 1. The van der Waals surface area contributed by atoms with Gasteiger partial charge in [-0.2, -0.15) is 5.10 Å². The fourth-order valence-electron chi connectivity index (χ4n) is 1.52. The Balaban J connectivity index is 2.02. The molecule has 0 saturated heterocycles. The van der Waals surface area contributed by atoms with Gasteiger partial charge in [0, 0.05) is 6.54 Å². The predicted octanol–water partition coefficient (Wildman–Crippen LogP) is 1.97. The quantitative estimate of drug-likeness (QED) is 0.857. The summed E-state index contributed by atoms with van der Waals surface area (Å²) in [6.45, 7) is 3.20. The van der Waals surface area contributed by atoms with Crippen molar-refractivity contribution >= 4 is 0 Å². The highest BCUT2D eigenvalue weighted by atomic mass is 16.5. The number of hydrogen-bond acceptors (Lipinski definition) is 4. The van der Waals surface area contributed by atoms with Crippen molar-refractivity contribution in [1.29, 1.82) is 0 Å². The molecule has 2 rings (SSSR count). The van der Waals surface area contributed by atoms with E-state index in [4.69, 9.17) is 4.74 Å². The van der Waals surface area contributed by atoms with E-state index in [9.17, 15) is 5.11 Å². The molecule has 0 radical (unpaired) electrons. The Morgan fingerprint density at radius 1 is 1.35 bits per heavy atom.